The van der Waals surface area contributed by atoms with E-state index in [9.17, 15) is 0 Å². The predicted octanol–water partition coefficient (Wildman–Crippen LogP) is 10.9. The third kappa shape index (κ3) is 6.48. The third-order valence-electron chi connectivity index (χ3n) is 12.3. The van der Waals surface area contributed by atoms with E-state index in [4.69, 9.17) is 0 Å². The molecule has 0 fully saturated rings. The summed E-state index contributed by atoms with van der Waals surface area (Å²) in [6.07, 6.45) is 5.46. The van der Waals surface area contributed by atoms with Crippen molar-refractivity contribution in [2.24, 2.45) is 0 Å². The van der Waals surface area contributed by atoms with E-state index in [2.05, 4.69) is 200 Å². The molecule has 1 aliphatic carbocycles. The molecule has 0 amide bonds. The number of hydrogen-bond donors (Lipinski definition) is 0. The summed E-state index contributed by atoms with van der Waals surface area (Å²) in [6, 6.07) is 55.2. The number of rotatable bonds is 10. The maximum Gasteiger partial charge on any atom is 0.161 e. The highest BCUT2D eigenvalue weighted by Crippen LogP contribution is 2.53. The Morgan fingerprint density at radius 3 is 1.02 bits per heavy atom. The molecule has 0 bridgehead atoms. The van der Waals surface area contributed by atoms with E-state index in [1.54, 1.807) is 0 Å². The van der Waals surface area contributed by atoms with E-state index < -0.39 is 8.07 Å². The fourth-order valence-electron chi connectivity index (χ4n) is 8.95. The molecule has 0 spiro atoms. The second-order valence-electron chi connectivity index (χ2n) is 15.4. The lowest BCUT2D eigenvalue weighted by Crippen LogP contribution is -2.73. The van der Waals surface area contributed by atoms with E-state index in [1.165, 1.54) is 82.4 Å². The summed E-state index contributed by atoms with van der Waals surface area (Å²) in [5.41, 5.74) is 16.7. The van der Waals surface area contributed by atoms with Crippen LogP contribution in [0.15, 0.2) is 168 Å². The molecule has 52 heavy (non-hydrogen) atoms. The molecule has 1 atom stereocenters. The Labute approximate surface area is 313 Å². The van der Waals surface area contributed by atoms with Crippen LogP contribution in [0.2, 0.25) is 5.04 Å². The highest BCUT2D eigenvalue weighted by molar-refractivity contribution is 7.14. The molecular formula is C51H52Si. The van der Waals surface area contributed by atoms with Crippen molar-refractivity contribution in [1.29, 1.82) is 0 Å². The van der Waals surface area contributed by atoms with Gasteiger partial charge in [-0.3, -0.25) is 0 Å². The van der Waals surface area contributed by atoms with Gasteiger partial charge >= 0.3 is 0 Å². The average Bonchev–Trinajstić information content (AvgIpc) is 3.35. The van der Waals surface area contributed by atoms with Crippen LogP contribution in [0, 0.1) is 20.8 Å². The van der Waals surface area contributed by atoms with Crippen molar-refractivity contribution in [3.05, 3.63) is 218 Å². The molecule has 0 heterocycles. The smallest absolute Gasteiger partial charge is 0.0730 e. The second kappa shape index (κ2) is 14.6. The first-order valence-electron chi connectivity index (χ1n) is 18.9. The lowest BCUT2D eigenvalue weighted by molar-refractivity contribution is 0.870. The molecule has 0 radical (unpaired) electrons. The molecular weight excluding hydrogens is 641 g/mol. The van der Waals surface area contributed by atoms with Gasteiger partial charge in [-0.25, -0.2) is 0 Å². The van der Waals surface area contributed by atoms with Crippen molar-refractivity contribution in [3.63, 3.8) is 0 Å². The van der Waals surface area contributed by atoms with Crippen LogP contribution < -0.4 is 15.6 Å². The Morgan fingerprint density at radius 2 is 0.750 bits per heavy atom. The minimum absolute atomic E-state index is 0.171. The molecule has 6 aromatic rings. The molecule has 0 saturated heterocycles. The van der Waals surface area contributed by atoms with Gasteiger partial charge in [-0.2, -0.15) is 0 Å². The first-order valence-corrected chi connectivity index (χ1v) is 20.9. The molecule has 260 valence electrons. The van der Waals surface area contributed by atoms with Gasteiger partial charge in [0.1, 0.15) is 0 Å². The third-order valence-corrected chi connectivity index (χ3v) is 17.9. The summed E-state index contributed by atoms with van der Waals surface area (Å²) in [7, 11) is -2.84. The van der Waals surface area contributed by atoms with Crippen molar-refractivity contribution in [2.45, 2.75) is 72.8 Å². The zero-order valence-electron chi connectivity index (χ0n) is 32.1. The van der Waals surface area contributed by atoms with Gasteiger partial charge < -0.3 is 0 Å². The standard InChI is InChI=1S/C51H52Si/c1-36-29-48(26-23-45(36)32-42-17-11-8-12-18-42)52(51(7)35-39(4)40(5)41(51)6,49-27-24-46(37(2)30-49)33-43-19-13-9-14-20-43)50-28-25-47(38(3)31-50)34-44-21-15-10-16-22-44/h8-31,35H,32-34H2,1-7H3. The van der Waals surface area contributed by atoms with Crippen LogP contribution in [0.4, 0.5) is 0 Å². The van der Waals surface area contributed by atoms with Crippen LogP contribution in [0.1, 0.15) is 77.8 Å². The monoisotopic (exact) mass is 692 g/mol. The van der Waals surface area contributed by atoms with Crippen LogP contribution >= 0.6 is 0 Å². The van der Waals surface area contributed by atoms with E-state index in [0.717, 1.165) is 19.3 Å². The van der Waals surface area contributed by atoms with Crippen molar-refractivity contribution in [3.8, 4) is 0 Å². The molecule has 0 saturated carbocycles. The highest BCUT2D eigenvalue weighted by Gasteiger charge is 2.56. The van der Waals surface area contributed by atoms with E-state index >= 15 is 0 Å². The molecule has 0 aliphatic heterocycles. The van der Waals surface area contributed by atoms with Gasteiger partial charge in [0.05, 0.1) is 0 Å². The van der Waals surface area contributed by atoms with Crippen LogP contribution in [-0.2, 0) is 19.3 Å². The largest absolute Gasteiger partial charge is 0.161 e. The summed E-state index contributed by atoms with van der Waals surface area (Å²) in [4.78, 5) is 0. The van der Waals surface area contributed by atoms with Crippen LogP contribution in [0.5, 0.6) is 0 Å². The maximum atomic E-state index is 2.64. The second-order valence-corrected chi connectivity index (χ2v) is 19.7. The van der Waals surface area contributed by atoms with Crippen molar-refractivity contribution in [2.75, 3.05) is 0 Å². The minimum Gasteiger partial charge on any atom is -0.0730 e. The lowest BCUT2D eigenvalue weighted by Gasteiger charge is -2.47. The Hall–Kier alpha value is -4.98. The van der Waals surface area contributed by atoms with Crippen LogP contribution in [0.3, 0.4) is 0 Å². The molecule has 1 aliphatic rings. The summed E-state index contributed by atoms with van der Waals surface area (Å²) >= 11 is 0. The van der Waals surface area contributed by atoms with E-state index in [0.29, 0.717) is 0 Å². The first-order chi connectivity index (χ1) is 25.1. The fourth-order valence-corrected chi connectivity index (χ4v) is 15.2. The topological polar surface area (TPSA) is 0 Å². The molecule has 6 aromatic carbocycles. The molecule has 1 unspecified atom stereocenters. The molecule has 0 nitrogen and oxygen atoms in total. The van der Waals surface area contributed by atoms with Crippen LogP contribution in [-0.4, -0.2) is 8.07 Å². The van der Waals surface area contributed by atoms with Gasteiger partial charge in [0.2, 0.25) is 0 Å². The van der Waals surface area contributed by atoms with E-state index in [-0.39, 0.29) is 5.04 Å². The van der Waals surface area contributed by atoms with Gasteiger partial charge in [0, 0.05) is 5.04 Å². The van der Waals surface area contributed by atoms with E-state index in [1.807, 2.05) is 0 Å². The number of benzene rings is 6. The molecule has 7 rings (SSSR count). The normalized spacial score (nSPS) is 15.9. The first kappa shape index (κ1) is 35.4. The van der Waals surface area contributed by atoms with Gasteiger partial charge in [-0.1, -0.05) is 170 Å². The average molecular weight is 693 g/mol. The highest BCUT2D eigenvalue weighted by atomic mass is 28.3. The Kier molecular flexibility index (Phi) is 9.92. The Balaban J connectivity index is 1.47. The molecule has 0 aromatic heterocycles. The van der Waals surface area contributed by atoms with Gasteiger partial charge in [0.15, 0.2) is 8.07 Å². The SMILES string of the molecule is CC1=CC(C)([Si](c2ccc(Cc3ccccc3)c(C)c2)(c2ccc(Cc3ccccc3)c(C)c2)c2ccc(Cc3ccccc3)c(C)c2)C(C)=C1C. The number of allylic oxidation sites excluding steroid dienone is 4. The molecule has 1 heteroatoms. The zero-order valence-corrected chi connectivity index (χ0v) is 33.1. The predicted molar refractivity (Wildman–Crippen MR) is 226 cm³/mol. The fraction of sp³-hybridized carbons (Fsp3) is 0.216. The molecule has 0 N–H and O–H groups in total. The lowest BCUT2D eigenvalue weighted by atomic mass is 10.0. The van der Waals surface area contributed by atoms with Crippen molar-refractivity contribution < 1.29 is 0 Å². The Morgan fingerprint density at radius 1 is 0.423 bits per heavy atom. The number of aryl methyl sites for hydroxylation is 3. The zero-order chi connectivity index (χ0) is 36.5. The Bertz CT molecular complexity index is 2050. The summed E-state index contributed by atoms with van der Waals surface area (Å²) in [5, 5.41) is 4.27. The maximum absolute atomic E-state index is 2.84. The minimum atomic E-state index is -2.84. The van der Waals surface area contributed by atoms with Crippen molar-refractivity contribution in [1.82, 2.24) is 0 Å². The number of hydrogen-bond acceptors (Lipinski definition) is 0. The summed E-state index contributed by atoms with van der Waals surface area (Å²) in [6.45, 7) is 16.6. The van der Waals surface area contributed by atoms with Crippen LogP contribution in [0.25, 0.3) is 0 Å². The van der Waals surface area contributed by atoms with Crippen molar-refractivity contribution >= 4 is 23.6 Å². The van der Waals surface area contributed by atoms with Gasteiger partial charge in [-0.15, -0.1) is 0 Å². The quantitative estimate of drug-likeness (QED) is 0.0990. The summed E-state index contributed by atoms with van der Waals surface area (Å²) < 4.78 is 0. The van der Waals surface area contributed by atoms with Gasteiger partial charge in [0.25, 0.3) is 0 Å². The van der Waals surface area contributed by atoms with Gasteiger partial charge in [-0.05, 0) is 132 Å². The summed E-state index contributed by atoms with van der Waals surface area (Å²) in [5.74, 6) is 0.